The Bertz CT molecular complexity index is 655. The Kier molecular flexibility index (Phi) is 4.65. The van der Waals surface area contributed by atoms with Crippen molar-refractivity contribution in [1.82, 2.24) is 4.98 Å². The molecule has 0 radical (unpaired) electrons. The van der Waals surface area contributed by atoms with Gasteiger partial charge in [-0.2, -0.15) is 0 Å². The third-order valence-corrected chi connectivity index (χ3v) is 3.53. The largest absolute Gasteiger partial charge is 0.409 e. The van der Waals surface area contributed by atoms with Gasteiger partial charge in [0.15, 0.2) is 5.84 Å². The van der Waals surface area contributed by atoms with Gasteiger partial charge >= 0.3 is 0 Å². The van der Waals surface area contributed by atoms with Gasteiger partial charge in [-0.1, -0.05) is 46.6 Å². The van der Waals surface area contributed by atoms with E-state index in [1.54, 1.807) is 12.3 Å². The molecule has 21 heavy (non-hydrogen) atoms. The van der Waals surface area contributed by atoms with E-state index in [1.807, 2.05) is 18.9 Å². The van der Waals surface area contributed by atoms with Gasteiger partial charge in [0.05, 0.1) is 5.02 Å². The van der Waals surface area contributed by atoms with Gasteiger partial charge in [0.25, 0.3) is 0 Å². The van der Waals surface area contributed by atoms with E-state index in [1.165, 1.54) is 5.56 Å². The first-order valence-corrected chi connectivity index (χ1v) is 6.80. The molecular weight excluding hydrogens is 288 g/mol. The summed E-state index contributed by atoms with van der Waals surface area (Å²) in [6, 6.07) is 9.86. The number of nitrogens with two attached hydrogens (primary N) is 1. The maximum absolute atomic E-state index is 8.77. The molecule has 110 valence electrons. The van der Waals surface area contributed by atoms with Gasteiger partial charge in [0, 0.05) is 25.4 Å². The number of anilines is 1. The number of amidine groups is 1. The number of hydrogen-bond donors (Lipinski definition) is 2. The molecule has 6 heteroatoms. The van der Waals surface area contributed by atoms with Crippen LogP contribution in [-0.4, -0.2) is 23.1 Å². The fraction of sp³-hybridized carbons (Fsp3) is 0.200. The van der Waals surface area contributed by atoms with Crippen molar-refractivity contribution in [2.75, 3.05) is 11.9 Å². The Labute approximate surface area is 128 Å². The molecule has 0 fully saturated rings. The molecule has 1 heterocycles. The molecular formula is C15H17ClN4O. The molecule has 2 aromatic rings. The lowest BCUT2D eigenvalue weighted by Crippen LogP contribution is -2.20. The third-order valence-electron chi connectivity index (χ3n) is 3.16. The summed E-state index contributed by atoms with van der Waals surface area (Å²) >= 11 is 6.29. The van der Waals surface area contributed by atoms with Crippen LogP contribution in [0.15, 0.2) is 41.7 Å². The number of benzene rings is 1. The summed E-state index contributed by atoms with van der Waals surface area (Å²) in [5, 5.41) is 12.1. The third kappa shape index (κ3) is 3.44. The Morgan fingerprint density at radius 2 is 2.00 bits per heavy atom. The van der Waals surface area contributed by atoms with Gasteiger partial charge in [-0.25, -0.2) is 4.98 Å². The minimum atomic E-state index is -0.0348. The topological polar surface area (TPSA) is 74.7 Å². The molecule has 0 aliphatic carbocycles. The molecule has 0 atom stereocenters. The van der Waals surface area contributed by atoms with E-state index in [4.69, 9.17) is 22.5 Å². The van der Waals surface area contributed by atoms with Crippen LogP contribution in [0.2, 0.25) is 5.02 Å². The smallest absolute Gasteiger partial charge is 0.171 e. The number of aryl methyl sites for hydroxylation is 1. The zero-order valence-corrected chi connectivity index (χ0v) is 12.7. The number of aromatic nitrogens is 1. The molecule has 3 N–H and O–H groups in total. The van der Waals surface area contributed by atoms with Crippen LogP contribution in [0.25, 0.3) is 0 Å². The van der Waals surface area contributed by atoms with E-state index in [0.29, 0.717) is 22.9 Å². The van der Waals surface area contributed by atoms with Crippen LogP contribution in [0, 0.1) is 6.92 Å². The van der Waals surface area contributed by atoms with E-state index >= 15 is 0 Å². The minimum Gasteiger partial charge on any atom is -0.409 e. The number of rotatable bonds is 4. The minimum absolute atomic E-state index is 0.0348. The van der Waals surface area contributed by atoms with Crippen LogP contribution < -0.4 is 10.6 Å². The van der Waals surface area contributed by atoms with Crippen LogP contribution in [0.3, 0.4) is 0 Å². The van der Waals surface area contributed by atoms with Gasteiger partial charge in [-0.05, 0) is 18.6 Å². The summed E-state index contributed by atoms with van der Waals surface area (Å²) < 4.78 is 0. The van der Waals surface area contributed by atoms with Crippen LogP contribution in [-0.2, 0) is 6.54 Å². The van der Waals surface area contributed by atoms with Gasteiger partial charge < -0.3 is 15.8 Å². The van der Waals surface area contributed by atoms with Crippen molar-refractivity contribution in [2.45, 2.75) is 13.5 Å². The fourth-order valence-corrected chi connectivity index (χ4v) is 2.35. The maximum Gasteiger partial charge on any atom is 0.171 e. The lowest BCUT2D eigenvalue weighted by Gasteiger charge is -2.20. The molecule has 0 aliphatic rings. The van der Waals surface area contributed by atoms with Crippen molar-refractivity contribution in [3.63, 3.8) is 0 Å². The lowest BCUT2D eigenvalue weighted by molar-refractivity contribution is 0.318. The first kappa shape index (κ1) is 15.1. The van der Waals surface area contributed by atoms with Gasteiger partial charge in [-0.15, -0.1) is 0 Å². The Balaban J connectivity index is 2.27. The van der Waals surface area contributed by atoms with Crippen LogP contribution >= 0.6 is 11.6 Å². The second kappa shape index (κ2) is 6.45. The molecule has 0 aliphatic heterocycles. The summed E-state index contributed by atoms with van der Waals surface area (Å²) in [4.78, 5) is 6.19. The van der Waals surface area contributed by atoms with Gasteiger partial charge in [0.2, 0.25) is 0 Å². The van der Waals surface area contributed by atoms with Crippen molar-refractivity contribution in [2.24, 2.45) is 10.9 Å². The molecule has 0 spiro atoms. The summed E-state index contributed by atoms with van der Waals surface area (Å²) in [6.45, 7) is 2.71. The highest BCUT2D eigenvalue weighted by atomic mass is 35.5. The highest BCUT2D eigenvalue weighted by Crippen LogP contribution is 2.27. The molecule has 0 saturated heterocycles. The SMILES string of the molecule is Cc1ccc(CN(C)c2nccc(/C(N)=N/O)c2Cl)cc1. The first-order valence-electron chi connectivity index (χ1n) is 6.42. The van der Waals surface area contributed by atoms with Crippen molar-refractivity contribution in [1.29, 1.82) is 0 Å². The molecule has 1 aromatic heterocycles. The maximum atomic E-state index is 8.77. The Morgan fingerprint density at radius 3 is 2.62 bits per heavy atom. The van der Waals surface area contributed by atoms with E-state index in [0.717, 1.165) is 5.56 Å². The highest BCUT2D eigenvalue weighted by molar-refractivity contribution is 6.36. The van der Waals surface area contributed by atoms with Crippen LogP contribution in [0.1, 0.15) is 16.7 Å². The molecule has 1 aromatic carbocycles. The van der Waals surface area contributed by atoms with Crippen molar-refractivity contribution in [3.05, 3.63) is 58.2 Å². The molecule has 2 rings (SSSR count). The van der Waals surface area contributed by atoms with Gasteiger partial charge in [-0.3, -0.25) is 0 Å². The van der Waals surface area contributed by atoms with Crippen molar-refractivity contribution >= 4 is 23.3 Å². The quantitative estimate of drug-likeness (QED) is 0.394. The molecule has 5 nitrogen and oxygen atoms in total. The van der Waals surface area contributed by atoms with Crippen LogP contribution in [0.4, 0.5) is 5.82 Å². The second-order valence-electron chi connectivity index (χ2n) is 4.82. The summed E-state index contributed by atoms with van der Waals surface area (Å²) in [5.41, 5.74) is 8.42. The molecule has 0 saturated carbocycles. The summed E-state index contributed by atoms with van der Waals surface area (Å²) in [5.74, 6) is 0.550. The van der Waals surface area contributed by atoms with E-state index in [2.05, 4.69) is 34.4 Å². The van der Waals surface area contributed by atoms with Crippen molar-refractivity contribution in [3.8, 4) is 0 Å². The zero-order chi connectivity index (χ0) is 15.4. The number of halogens is 1. The number of hydrogen-bond acceptors (Lipinski definition) is 4. The molecule has 0 bridgehead atoms. The first-order chi connectivity index (χ1) is 10.0. The van der Waals surface area contributed by atoms with Crippen LogP contribution in [0.5, 0.6) is 0 Å². The number of pyridine rings is 1. The average molecular weight is 305 g/mol. The second-order valence-corrected chi connectivity index (χ2v) is 5.20. The Hall–Kier alpha value is -2.27. The predicted octanol–water partition coefficient (Wildman–Crippen LogP) is 2.77. The summed E-state index contributed by atoms with van der Waals surface area (Å²) in [6.07, 6.45) is 1.58. The number of nitrogens with zero attached hydrogens (tertiary/aromatic N) is 3. The van der Waals surface area contributed by atoms with E-state index < -0.39 is 0 Å². The standard InChI is InChI=1S/C15H17ClN4O/c1-10-3-5-11(6-4-10)9-20(2)15-13(16)12(7-8-18-15)14(17)19-21/h3-8,21H,9H2,1-2H3,(H2,17,19). The molecule has 0 amide bonds. The van der Waals surface area contributed by atoms with E-state index in [9.17, 15) is 0 Å². The highest BCUT2D eigenvalue weighted by Gasteiger charge is 2.14. The van der Waals surface area contributed by atoms with Crippen molar-refractivity contribution < 1.29 is 5.21 Å². The average Bonchev–Trinajstić information content (AvgIpc) is 2.49. The summed E-state index contributed by atoms with van der Waals surface area (Å²) in [7, 11) is 1.89. The predicted molar refractivity (Wildman–Crippen MR) is 85.0 cm³/mol. The van der Waals surface area contributed by atoms with Gasteiger partial charge in [0.1, 0.15) is 5.82 Å². The fourth-order valence-electron chi connectivity index (χ4n) is 1.99. The number of oxime groups is 1. The van der Waals surface area contributed by atoms with E-state index in [-0.39, 0.29) is 5.84 Å². The monoisotopic (exact) mass is 304 g/mol. The molecule has 0 unspecified atom stereocenters. The normalized spacial score (nSPS) is 11.5. The lowest BCUT2D eigenvalue weighted by atomic mass is 10.1. The zero-order valence-electron chi connectivity index (χ0n) is 11.9. The Morgan fingerprint density at radius 1 is 1.33 bits per heavy atom.